The molecule has 2 heterocycles. The number of aliphatic hydroxyl groups is 1. The van der Waals surface area contributed by atoms with Crippen LogP contribution < -0.4 is 4.57 Å². The SMILES string of the molecule is C=Nc1cc[n+]2c(c1C(C/C=C\C=C(C)C)C(C)C)C(=C)CC(CCOC)C2CO. The number of ether oxygens (including phenoxy) is 1. The Bertz CT molecular complexity index is 803. The highest BCUT2D eigenvalue weighted by Gasteiger charge is 2.41. The molecule has 3 atom stereocenters. The molecule has 1 aromatic rings. The van der Waals surface area contributed by atoms with Crippen LogP contribution in [0.5, 0.6) is 0 Å². The van der Waals surface area contributed by atoms with Crippen molar-refractivity contribution in [3.8, 4) is 0 Å². The summed E-state index contributed by atoms with van der Waals surface area (Å²) in [6, 6.07) is 2.06. The lowest BCUT2D eigenvalue weighted by Gasteiger charge is -2.32. The average Bonchev–Trinajstić information content (AvgIpc) is 2.71. The highest BCUT2D eigenvalue weighted by atomic mass is 16.5. The van der Waals surface area contributed by atoms with Crippen molar-refractivity contribution in [1.82, 2.24) is 0 Å². The van der Waals surface area contributed by atoms with E-state index in [0.29, 0.717) is 24.4 Å². The Morgan fingerprint density at radius 2 is 2.13 bits per heavy atom. The first-order chi connectivity index (χ1) is 14.3. The molecule has 1 aromatic heterocycles. The lowest BCUT2D eigenvalue weighted by molar-refractivity contribution is -0.737. The first-order valence-electron chi connectivity index (χ1n) is 11.0. The molecule has 2 rings (SSSR count). The van der Waals surface area contributed by atoms with Gasteiger partial charge in [0.05, 0.1) is 11.3 Å². The molecular weight excluding hydrogens is 372 g/mol. The van der Waals surface area contributed by atoms with E-state index >= 15 is 0 Å². The van der Waals surface area contributed by atoms with E-state index in [-0.39, 0.29) is 12.6 Å². The van der Waals surface area contributed by atoms with Gasteiger partial charge in [0.15, 0.2) is 12.2 Å². The van der Waals surface area contributed by atoms with Crippen molar-refractivity contribution in [3.63, 3.8) is 0 Å². The number of methoxy groups -OCH3 is 1. The summed E-state index contributed by atoms with van der Waals surface area (Å²) in [7, 11) is 1.72. The minimum atomic E-state index is 0.0206. The molecule has 4 heteroatoms. The number of rotatable bonds is 10. The Morgan fingerprint density at radius 3 is 2.70 bits per heavy atom. The molecule has 0 saturated carbocycles. The minimum absolute atomic E-state index is 0.0206. The number of nitrogens with zero attached hydrogens (tertiary/aromatic N) is 2. The van der Waals surface area contributed by atoms with Crippen LogP contribution in [-0.4, -0.2) is 32.1 Å². The molecule has 0 aromatic carbocycles. The summed E-state index contributed by atoms with van der Waals surface area (Å²) >= 11 is 0. The molecule has 0 bridgehead atoms. The van der Waals surface area contributed by atoms with E-state index in [1.165, 1.54) is 11.1 Å². The second-order valence-corrected chi connectivity index (χ2v) is 8.89. The van der Waals surface area contributed by atoms with Crippen LogP contribution in [0.15, 0.2) is 47.6 Å². The zero-order valence-corrected chi connectivity index (χ0v) is 19.4. The number of aromatic nitrogens is 1. The normalized spacial score (nSPS) is 19.8. The maximum Gasteiger partial charge on any atom is 0.213 e. The van der Waals surface area contributed by atoms with Gasteiger partial charge in [0.25, 0.3) is 0 Å². The monoisotopic (exact) mass is 411 g/mol. The number of fused-ring (bicyclic) bond motifs is 1. The third-order valence-electron chi connectivity index (χ3n) is 6.11. The van der Waals surface area contributed by atoms with Gasteiger partial charge in [0.2, 0.25) is 5.69 Å². The summed E-state index contributed by atoms with van der Waals surface area (Å²) in [5, 5.41) is 10.2. The Hall–Kier alpha value is -2.04. The zero-order valence-electron chi connectivity index (χ0n) is 19.4. The van der Waals surface area contributed by atoms with E-state index in [9.17, 15) is 5.11 Å². The standard InChI is InChI=1S/C26H39N2O2/c1-18(2)10-8-9-11-22(19(3)4)25-23(27-6)12-14-28-24(17-29)21(13-15-30-7)16-20(5)26(25)28/h8-10,12,14,19,21-22,24,29H,5-6,11,13,15-17H2,1-4,7H3/q+1/b9-8-. The summed E-state index contributed by atoms with van der Waals surface area (Å²) in [6.45, 7) is 17.8. The third-order valence-corrected chi connectivity index (χ3v) is 6.11. The first kappa shape index (κ1) is 24.2. The van der Waals surface area contributed by atoms with E-state index < -0.39 is 0 Å². The fourth-order valence-electron chi connectivity index (χ4n) is 4.51. The van der Waals surface area contributed by atoms with Crippen LogP contribution in [0.2, 0.25) is 0 Å². The highest BCUT2D eigenvalue weighted by molar-refractivity contribution is 5.68. The molecule has 1 aliphatic heterocycles. The molecule has 0 aliphatic carbocycles. The van der Waals surface area contributed by atoms with Gasteiger partial charge in [-0.2, -0.15) is 4.57 Å². The molecule has 3 unspecified atom stereocenters. The van der Waals surface area contributed by atoms with E-state index in [1.54, 1.807) is 7.11 Å². The molecule has 30 heavy (non-hydrogen) atoms. The minimum Gasteiger partial charge on any atom is -0.389 e. The van der Waals surface area contributed by atoms with E-state index in [2.05, 4.69) is 68.8 Å². The molecule has 0 saturated heterocycles. The molecule has 1 N–H and O–H groups in total. The van der Waals surface area contributed by atoms with Gasteiger partial charge in [-0.3, -0.25) is 4.99 Å². The number of aliphatic imine (C=N–C) groups is 1. The van der Waals surface area contributed by atoms with Crippen LogP contribution in [0.1, 0.15) is 70.2 Å². The topological polar surface area (TPSA) is 45.7 Å². The molecule has 1 aliphatic rings. The molecule has 164 valence electrons. The fourth-order valence-corrected chi connectivity index (χ4v) is 4.51. The van der Waals surface area contributed by atoms with Crippen LogP contribution in [0.3, 0.4) is 0 Å². The van der Waals surface area contributed by atoms with E-state index in [1.807, 2.05) is 12.3 Å². The number of hydrogen-bond donors (Lipinski definition) is 1. The predicted molar refractivity (Wildman–Crippen MR) is 126 cm³/mol. The lowest BCUT2D eigenvalue weighted by atomic mass is 9.78. The van der Waals surface area contributed by atoms with Gasteiger partial charge in [0, 0.05) is 31.3 Å². The smallest absolute Gasteiger partial charge is 0.213 e. The Morgan fingerprint density at radius 1 is 1.40 bits per heavy atom. The van der Waals surface area contributed by atoms with Crippen LogP contribution in [-0.2, 0) is 4.74 Å². The van der Waals surface area contributed by atoms with Gasteiger partial charge in [-0.1, -0.05) is 44.2 Å². The maximum atomic E-state index is 10.2. The van der Waals surface area contributed by atoms with Crippen molar-refractivity contribution >= 4 is 18.0 Å². The fraction of sp³-hybridized carbons (Fsp3) is 0.538. The van der Waals surface area contributed by atoms with Crippen LogP contribution in [0, 0.1) is 11.8 Å². The molecule has 0 spiro atoms. The largest absolute Gasteiger partial charge is 0.389 e. The van der Waals surface area contributed by atoms with E-state index in [4.69, 9.17) is 4.74 Å². The van der Waals surface area contributed by atoms with Crippen molar-refractivity contribution in [2.75, 3.05) is 20.3 Å². The Labute approximate surface area is 182 Å². The Balaban J connectivity index is 2.56. The second kappa shape index (κ2) is 11.4. The quantitative estimate of drug-likeness (QED) is 0.311. The van der Waals surface area contributed by atoms with Crippen molar-refractivity contribution in [2.24, 2.45) is 16.8 Å². The summed E-state index contributed by atoms with van der Waals surface area (Å²) in [5.41, 5.74) is 5.65. The molecule has 0 fully saturated rings. The summed E-state index contributed by atoms with van der Waals surface area (Å²) in [4.78, 5) is 4.37. The highest BCUT2D eigenvalue weighted by Crippen LogP contribution is 2.43. The summed E-state index contributed by atoms with van der Waals surface area (Å²) < 4.78 is 7.53. The van der Waals surface area contributed by atoms with Crippen molar-refractivity contribution in [3.05, 3.63) is 53.9 Å². The summed E-state index contributed by atoms with van der Waals surface area (Å²) in [5.74, 6) is 1.03. The van der Waals surface area contributed by atoms with Crippen molar-refractivity contribution < 1.29 is 14.4 Å². The van der Waals surface area contributed by atoms with Gasteiger partial charge >= 0.3 is 0 Å². The second-order valence-electron chi connectivity index (χ2n) is 8.89. The average molecular weight is 412 g/mol. The first-order valence-corrected chi connectivity index (χ1v) is 11.0. The van der Waals surface area contributed by atoms with Gasteiger partial charge in [-0.15, -0.1) is 0 Å². The molecule has 4 nitrogen and oxygen atoms in total. The Kier molecular flexibility index (Phi) is 9.19. The van der Waals surface area contributed by atoms with Gasteiger partial charge in [-0.05, 0) is 51.7 Å². The number of pyridine rings is 1. The molecule has 0 radical (unpaired) electrons. The van der Waals surface area contributed by atoms with Crippen molar-refractivity contribution in [2.45, 2.75) is 58.9 Å². The van der Waals surface area contributed by atoms with Gasteiger partial charge in [-0.25, -0.2) is 0 Å². The van der Waals surface area contributed by atoms with Gasteiger partial charge in [0.1, 0.15) is 6.61 Å². The van der Waals surface area contributed by atoms with E-state index in [0.717, 1.165) is 36.2 Å². The zero-order chi connectivity index (χ0) is 22.3. The van der Waals surface area contributed by atoms with Crippen LogP contribution in [0.4, 0.5) is 5.69 Å². The third kappa shape index (κ3) is 5.55. The summed E-state index contributed by atoms with van der Waals surface area (Å²) in [6.07, 6.45) is 11.3. The van der Waals surface area contributed by atoms with Crippen molar-refractivity contribution in [1.29, 1.82) is 0 Å². The van der Waals surface area contributed by atoms with Gasteiger partial charge < -0.3 is 9.84 Å². The maximum absolute atomic E-state index is 10.2. The molecular formula is C26H39N2O2+. The van der Waals surface area contributed by atoms with Crippen LogP contribution in [0.25, 0.3) is 5.57 Å². The van der Waals surface area contributed by atoms with Crippen LogP contribution >= 0.6 is 0 Å². The number of allylic oxidation sites excluding steroid dienone is 5. The lowest BCUT2D eigenvalue weighted by Crippen LogP contribution is -2.52. The number of hydrogen-bond acceptors (Lipinski definition) is 3. The predicted octanol–water partition coefficient (Wildman–Crippen LogP) is 5.56. The molecule has 0 amide bonds. The number of aliphatic hydroxyl groups excluding tert-OH is 1.